The molecule has 0 amide bonds. The molecular weight excluding hydrogens is 332 g/mol. The van der Waals surface area contributed by atoms with Crippen LogP contribution in [-0.4, -0.2) is 28.5 Å². The zero-order valence-corrected chi connectivity index (χ0v) is 12.5. The zero-order chi connectivity index (χ0) is 13.8. The third kappa shape index (κ3) is 3.48. The van der Waals surface area contributed by atoms with E-state index in [4.69, 9.17) is 0 Å². The van der Waals surface area contributed by atoms with Gasteiger partial charge in [0.15, 0.2) is 0 Å². The third-order valence-electron chi connectivity index (χ3n) is 2.52. The molecule has 0 radical (unpaired) electrons. The highest BCUT2D eigenvalue weighted by molar-refractivity contribution is 9.10. The summed E-state index contributed by atoms with van der Waals surface area (Å²) in [6.45, 7) is 0.747. The summed E-state index contributed by atoms with van der Waals surface area (Å²) in [5.41, 5.74) is -0.0241. The Kier molecular flexibility index (Phi) is 4.43. The molecule has 0 saturated carbocycles. The molecule has 0 fully saturated rings. The fraction of sp³-hybridized carbons (Fsp3) is 0.273. The molecule has 8 heteroatoms. The number of likely N-dealkylation sites (N-methyl/N-ethyl adjacent to an activating group) is 1. The molecule has 0 saturated heterocycles. The fourth-order valence-electron chi connectivity index (χ4n) is 1.55. The molecule has 0 unspecified atom stereocenters. The number of thiazole rings is 1. The predicted molar refractivity (Wildman–Crippen MR) is 77.7 cm³/mol. The lowest BCUT2D eigenvalue weighted by Crippen LogP contribution is -2.21. The number of hydrogen-bond acceptors (Lipinski definition) is 6. The first-order valence-electron chi connectivity index (χ1n) is 5.47. The molecule has 100 valence electrons. The van der Waals surface area contributed by atoms with Crippen LogP contribution in [0.1, 0.15) is 5.01 Å². The average Bonchev–Trinajstić information content (AvgIpc) is 2.88. The first kappa shape index (κ1) is 13.9. The number of halogens is 1. The summed E-state index contributed by atoms with van der Waals surface area (Å²) in [4.78, 5) is 20.4. The van der Waals surface area contributed by atoms with Crippen LogP contribution in [-0.2, 0) is 6.42 Å². The minimum atomic E-state index is -0.461. The van der Waals surface area contributed by atoms with Gasteiger partial charge in [-0.25, -0.2) is 9.97 Å². The van der Waals surface area contributed by atoms with Crippen LogP contribution in [0.5, 0.6) is 0 Å². The highest BCUT2D eigenvalue weighted by atomic mass is 79.9. The Balaban J connectivity index is 2.06. The van der Waals surface area contributed by atoms with Gasteiger partial charge in [-0.15, -0.1) is 11.3 Å². The van der Waals surface area contributed by atoms with Crippen LogP contribution >= 0.6 is 27.3 Å². The maximum atomic E-state index is 10.6. The number of aromatic nitrogens is 2. The van der Waals surface area contributed by atoms with E-state index in [1.807, 2.05) is 17.3 Å². The van der Waals surface area contributed by atoms with Gasteiger partial charge in [0.1, 0.15) is 12.0 Å². The lowest BCUT2D eigenvalue weighted by molar-refractivity contribution is -0.385. The van der Waals surface area contributed by atoms with Gasteiger partial charge in [-0.05, 0) is 15.9 Å². The topological polar surface area (TPSA) is 72.2 Å². The summed E-state index contributed by atoms with van der Waals surface area (Å²) in [7, 11) is 1.90. The number of anilines is 1. The summed E-state index contributed by atoms with van der Waals surface area (Å²) < 4.78 is 0.614. The van der Waals surface area contributed by atoms with Crippen molar-refractivity contribution in [1.82, 2.24) is 9.97 Å². The molecule has 19 heavy (non-hydrogen) atoms. The van der Waals surface area contributed by atoms with Crippen LogP contribution in [0, 0.1) is 10.1 Å². The highest BCUT2D eigenvalue weighted by Gasteiger charge is 2.13. The van der Waals surface area contributed by atoms with Crippen molar-refractivity contribution < 1.29 is 4.92 Å². The second-order valence-corrected chi connectivity index (χ2v) is 5.69. The van der Waals surface area contributed by atoms with Gasteiger partial charge in [-0.2, -0.15) is 0 Å². The van der Waals surface area contributed by atoms with Crippen molar-refractivity contribution in [3.05, 3.63) is 43.4 Å². The molecule has 6 nitrogen and oxygen atoms in total. The largest absolute Gasteiger partial charge is 0.358 e. The van der Waals surface area contributed by atoms with Crippen molar-refractivity contribution in [3.63, 3.8) is 0 Å². The van der Waals surface area contributed by atoms with Gasteiger partial charge in [0.05, 0.1) is 14.4 Å². The van der Waals surface area contributed by atoms with E-state index in [9.17, 15) is 10.1 Å². The standard InChI is InChI=1S/C11H11BrN4O2S/c1-15(4-2-10-13-3-5-19-10)11-9(12)6-8(7-14-11)16(17)18/h3,5-7H,2,4H2,1H3. The average molecular weight is 343 g/mol. The van der Waals surface area contributed by atoms with Crippen molar-refractivity contribution in [2.24, 2.45) is 0 Å². The molecule has 2 aromatic rings. The van der Waals surface area contributed by atoms with Crippen LogP contribution in [0.3, 0.4) is 0 Å². The maximum absolute atomic E-state index is 10.6. The van der Waals surface area contributed by atoms with Gasteiger partial charge >= 0.3 is 0 Å². The molecule has 0 aliphatic carbocycles. The zero-order valence-electron chi connectivity index (χ0n) is 10.1. The molecular formula is C11H11BrN4O2S. The van der Waals surface area contributed by atoms with Crippen molar-refractivity contribution in [3.8, 4) is 0 Å². The summed E-state index contributed by atoms with van der Waals surface area (Å²) in [5, 5.41) is 13.6. The first-order valence-corrected chi connectivity index (χ1v) is 7.14. The second kappa shape index (κ2) is 6.07. The predicted octanol–water partition coefficient (Wildman–Crippen LogP) is 2.89. The van der Waals surface area contributed by atoms with Gasteiger partial charge in [-0.3, -0.25) is 10.1 Å². The van der Waals surface area contributed by atoms with E-state index in [-0.39, 0.29) is 5.69 Å². The fourth-order valence-corrected chi connectivity index (χ4v) is 2.80. The smallest absolute Gasteiger partial charge is 0.288 e. The van der Waals surface area contributed by atoms with E-state index in [2.05, 4.69) is 25.9 Å². The van der Waals surface area contributed by atoms with E-state index >= 15 is 0 Å². The molecule has 0 aliphatic heterocycles. The summed E-state index contributed by atoms with van der Waals surface area (Å²) >= 11 is 4.92. The van der Waals surface area contributed by atoms with E-state index in [1.165, 1.54) is 12.3 Å². The van der Waals surface area contributed by atoms with E-state index < -0.39 is 4.92 Å². The minimum absolute atomic E-state index is 0.0241. The molecule has 2 heterocycles. The molecule has 2 rings (SSSR count). The Bertz CT molecular complexity index is 576. The quantitative estimate of drug-likeness (QED) is 0.617. The van der Waals surface area contributed by atoms with Crippen molar-refractivity contribution >= 4 is 38.8 Å². The number of nitrogens with zero attached hydrogens (tertiary/aromatic N) is 4. The van der Waals surface area contributed by atoms with Crippen LogP contribution < -0.4 is 4.90 Å². The Morgan fingerprint density at radius 3 is 2.89 bits per heavy atom. The Hall–Kier alpha value is -1.54. The molecule has 0 atom stereocenters. The molecule has 2 aromatic heterocycles. The van der Waals surface area contributed by atoms with Crippen LogP contribution in [0.2, 0.25) is 0 Å². The number of rotatable bonds is 5. The Morgan fingerprint density at radius 1 is 1.53 bits per heavy atom. The van der Waals surface area contributed by atoms with Gasteiger partial charge < -0.3 is 4.90 Å². The van der Waals surface area contributed by atoms with Gasteiger partial charge in [0.2, 0.25) is 0 Å². The van der Waals surface area contributed by atoms with Crippen molar-refractivity contribution in [2.75, 3.05) is 18.5 Å². The summed E-state index contributed by atoms with van der Waals surface area (Å²) in [6, 6.07) is 1.46. The van der Waals surface area contributed by atoms with E-state index in [0.29, 0.717) is 10.3 Å². The van der Waals surface area contributed by atoms with Crippen molar-refractivity contribution in [2.45, 2.75) is 6.42 Å². The number of hydrogen-bond donors (Lipinski definition) is 0. The third-order valence-corrected chi connectivity index (χ3v) is 3.95. The molecule has 0 bridgehead atoms. The lowest BCUT2D eigenvalue weighted by atomic mass is 10.3. The molecule has 0 spiro atoms. The second-order valence-electron chi connectivity index (χ2n) is 3.85. The highest BCUT2D eigenvalue weighted by Crippen LogP contribution is 2.26. The minimum Gasteiger partial charge on any atom is -0.358 e. The lowest BCUT2D eigenvalue weighted by Gasteiger charge is -2.18. The summed E-state index contributed by atoms with van der Waals surface area (Å²) in [5.74, 6) is 0.683. The van der Waals surface area contributed by atoms with Crippen LogP contribution in [0.15, 0.2) is 28.3 Å². The SMILES string of the molecule is CN(CCc1nccs1)c1ncc([N+](=O)[O-])cc1Br. The number of nitro groups is 1. The van der Waals surface area contributed by atoms with Crippen LogP contribution in [0.25, 0.3) is 0 Å². The molecule has 0 aliphatic rings. The van der Waals surface area contributed by atoms with Gasteiger partial charge in [-0.1, -0.05) is 0 Å². The number of pyridine rings is 1. The van der Waals surface area contributed by atoms with Crippen LogP contribution in [0.4, 0.5) is 11.5 Å². The van der Waals surface area contributed by atoms with Crippen molar-refractivity contribution in [1.29, 1.82) is 0 Å². The normalized spacial score (nSPS) is 10.4. The van der Waals surface area contributed by atoms with Gasteiger partial charge in [0.25, 0.3) is 5.69 Å². The Morgan fingerprint density at radius 2 is 2.32 bits per heavy atom. The maximum Gasteiger partial charge on any atom is 0.288 e. The van der Waals surface area contributed by atoms with Gasteiger partial charge in [0, 0.05) is 37.7 Å². The molecule has 0 aromatic carbocycles. The first-order chi connectivity index (χ1) is 9.08. The monoisotopic (exact) mass is 342 g/mol. The molecule has 0 N–H and O–H groups in total. The van der Waals surface area contributed by atoms with E-state index in [1.54, 1.807) is 17.5 Å². The Labute approximate surface area is 122 Å². The summed E-state index contributed by atoms with van der Waals surface area (Å²) in [6.07, 6.45) is 3.86. The van der Waals surface area contributed by atoms with E-state index in [0.717, 1.165) is 18.0 Å².